The van der Waals surface area contributed by atoms with Crippen LogP contribution in [0.15, 0.2) is 48.5 Å². The lowest BCUT2D eigenvalue weighted by atomic mass is 10.2. The fourth-order valence-corrected chi connectivity index (χ4v) is 1.69. The Morgan fingerprint density at radius 3 is 2.65 bits per heavy atom. The minimum Gasteiger partial charge on any atom is -0.493 e. The molecule has 1 N–H and O–H groups in total. The Kier molecular flexibility index (Phi) is 4.71. The van der Waals surface area contributed by atoms with Crippen LogP contribution in [0.3, 0.4) is 0 Å². The van der Waals surface area contributed by atoms with E-state index in [0.29, 0.717) is 5.69 Å². The van der Waals surface area contributed by atoms with E-state index >= 15 is 0 Å². The molecule has 0 aliphatic carbocycles. The SMILES string of the molecule is Cc1ccc(OCCC(=O)Nc2cccc(F)c2)cc1. The van der Waals surface area contributed by atoms with Gasteiger partial charge >= 0.3 is 0 Å². The molecule has 0 radical (unpaired) electrons. The van der Waals surface area contributed by atoms with Crippen LogP contribution in [0.5, 0.6) is 5.75 Å². The molecule has 20 heavy (non-hydrogen) atoms. The van der Waals surface area contributed by atoms with E-state index in [1.165, 1.54) is 12.1 Å². The van der Waals surface area contributed by atoms with Crippen LogP contribution < -0.4 is 10.1 Å². The second-order valence-electron chi connectivity index (χ2n) is 4.47. The van der Waals surface area contributed by atoms with Gasteiger partial charge in [-0.25, -0.2) is 4.39 Å². The summed E-state index contributed by atoms with van der Waals surface area (Å²) in [6, 6.07) is 13.4. The zero-order chi connectivity index (χ0) is 14.4. The maximum Gasteiger partial charge on any atom is 0.227 e. The summed E-state index contributed by atoms with van der Waals surface area (Å²) < 4.78 is 18.4. The lowest BCUT2D eigenvalue weighted by molar-refractivity contribution is -0.116. The van der Waals surface area contributed by atoms with Gasteiger partial charge in [-0.1, -0.05) is 23.8 Å². The molecule has 0 atom stereocenters. The second-order valence-corrected chi connectivity index (χ2v) is 4.47. The molecule has 104 valence electrons. The van der Waals surface area contributed by atoms with Crippen LogP contribution in [0, 0.1) is 12.7 Å². The molecule has 0 aromatic heterocycles. The number of hydrogen-bond acceptors (Lipinski definition) is 2. The summed E-state index contributed by atoms with van der Waals surface area (Å²) in [5, 5.41) is 2.62. The average Bonchev–Trinajstić information content (AvgIpc) is 2.41. The number of hydrogen-bond donors (Lipinski definition) is 1. The molecule has 0 saturated heterocycles. The highest BCUT2D eigenvalue weighted by molar-refractivity contribution is 5.90. The maximum absolute atomic E-state index is 12.9. The number of halogens is 1. The quantitative estimate of drug-likeness (QED) is 0.904. The van der Waals surface area contributed by atoms with Crippen molar-refractivity contribution in [3.05, 3.63) is 59.9 Å². The third-order valence-electron chi connectivity index (χ3n) is 2.73. The van der Waals surface area contributed by atoms with Crippen molar-refractivity contribution in [1.29, 1.82) is 0 Å². The number of carbonyl (C=O) groups is 1. The van der Waals surface area contributed by atoms with E-state index in [4.69, 9.17) is 4.74 Å². The molecular formula is C16H16FNO2. The van der Waals surface area contributed by atoms with E-state index in [2.05, 4.69) is 5.32 Å². The Bertz CT molecular complexity index is 581. The number of nitrogens with one attached hydrogen (secondary N) is 1. The molecule has 2 aromatic rings. The van der Waals surface area contributed by atoms with Gasteiger partial charge in [0.15, 0.2) is 0 Å². The van der Waals surface area contributed by atoms with Gasteiger partial charge in [0.2, 0.25) is 5.91 Å². The predicted molar refractivity (Wildman–Crippen MR) is 76.3 cm³/mol. The normalized spacial score (nSPS) is 10.1. The van der Waals surface area contributed by atoms with Gasteiger partial charge in [-0.2, -0.15) is 0 Å². The van der Waals surface area contributed by atoms with E-state index in [0.717, 1.165) is 11.3 Å². The second kappa shape index (κ2) is 6.70. The molecule has 2 aromatic carbocycles. The van der Waals surface area contributed by atoms with Gasteiger partial charge in [0.25, 0.3) is 0 Å². The van der Waals surface area contributed by atoms with E-state index in [9.17, 15) is 9.18 Å². The Hall–Kier alpha value is -2.36. The number of aryl methyl sites for hydroxylation is 1. The monoisotopic (exact) mass is 273 g/mol. The number of rotatable bonds is 5. The predicted octanol–water partition coefficient (Wildman–Crippen LogP) is 3.54. The number of anilines is 1. The highest BCUT2D eigenvalue weighted by Gasteiger charge is 2.03. The Morgan fingerprint density at radius 2 is 1.95 bits per heavy atom. The summed E-state index contributed by atoms with van der Waals surface area (Å²) in [5.74, 6) is 0.149. The summed E-state index contributed by atoms with van der Waals surface area (Å²) in [6.07, 6.45) is 0.213. The molecule has 4 heteroatoms. The van der Waals surface area contributed by atoms with Crippen LogP contribution in [-0.2, 0) is 4.79 Å². The molecule has 0 aliphatic heterocycles. The zero-order valence-corrected chi connectivity index (χ0v) is 11.2. The minimum absolute atomic E-state index is 0.206. The van der Waals surface area contributed by atoms with Crippen molar-refractivity contribution in [2.24, 2.45) is 0 Å². The molecule has 3 nitrogen and oxygen atoms in total. The number of benzene rings is 2. The molecule has 0 spiro atoms. The zero-order valence-electron chi connectivity index (χ0n) is 11.2. The first kappa shape index (κ1) is 14.1. The lowest BCUT2D eigenvalue weighted by Crippen LogP contribution is -2.15. The number of carbonyl (C=O) groups excluding carboxylic acids is 1. The van der Waals surface area contributed by atoms with E-state index in [-0.39, 0.29) is 24.8 Å². The highest BCUT2D eigenvalue weighted by atomic mass is 19.1. The molecule has 0 saturated carbocycles. The molecule has 0 bridgehead atoms. The van der Waals surface area contributed by atoms with Crippen LogP contribution >= 0.6 is 0 Å². The fraction of sp³-hybridized carbons (Fsp3) is 0.188. The van der Waals surface area contributed by atoms with Crippen LogP contribution in [0.1, 0.15) is 12.0 Å². The highest BCUT2D eigenvalue weighted by Crippen LogP contribution is 2.12. The van der Waals surface area contributed by atoms with Gasteiger partial charge in [0.1, 0.15) is 11.6 Å². The van der Waals surface area contributed by atoms with Gasteiger partial charge in [-0.05, 0) is 37.3 Å². The summed E-state index contributed by atoms with van der Waals surface area (Å²) in [6.45, 7) is 2.28. The van der Waals surface area contributed by atoms with Crippen molar-refractivity contribution in [2.75, 3.05) is 11.9 Å². The third-order valence-corrected chi connectivity index (χ3v) is 2.73. The van der Waals surface area contributed by atoms with Crippen LogP contribution in [0.25, 0.3) is 0 Å². The third kappa shape index (κ3) is 4.39. The molecule has 1 amide bonds. The first-order valence-electron chi connectivity index (χ1n) is 6.38. The van der Waals surface area contributed by atoms with Crippen molar-refractivity contribution in [3.8, 4) is 5.75 Å². The van der Waals surface area contributed by atoms with E-state index in [1.54, 1.807) is 12.1 Å². The Balaban J connectivity index is 1.76. The minimum atomic E-state index is -0.376. The van der Waals surface area contributed by atoms with E-state index in [1.807, 2.05) is 31.2 Å². The summed E-state index contributed by atoms with van der Waals surface area (Å²) in [7, 11) is 0. The van der Waals surface area contributed by atoms with Gasteiger partial charge in [0.05, 0.1) is 13.0 Å². The topological polar surface area (TPSA) is 38.3 Å². The van der Waals surface area contributed by atoms with Gasteiger partial charge in [0, 0.05) is 5.69 Å². The van der Waals surface area contributed by atoms with Gasteiger partial charge < -0.3 is 10.1 Å². The van der Waals surface area contributed by atoms with Gasteiger partial charge in [-0.3, -0.25) is 4.79 Å². The molecule has 0 unspecified atom stereocenters. The lowest BCUT2D eigenvalue weighted by Gasteiger charge is -2.07. The van der Waals surface area contributed by atoms with Crippen molar-refractivity contribution in [2.45, 2.75) is 13.3 Å². The molecular weight excluding hydrogens is 257 g/mol. The van der Waals surface area contributed by atoms with Crippen LogP contribution in [0.2, 0.25) is 0 Å². The van der Waals surface area contributed by atoms with Crippen LogP contribution in [0.4, 0.5) is 10.1 Å². The van der Waals surface area contributed by atoms with Crippen molar-refractivity contribution in [1.82, 2.24) is 0 Å². The molecule has 0 aliphatic rings. The summed E-state index contributed by atoms with van der Waals surface area (Å²) >= 11 is 0. The first-order valence-corrected chi connectivity index (χ1v) is 6.38. The number of ether oxygens (including phenoxy) is 1. The molecule has 0 heterocycles. The van der Waals surface area contributed by atoms with Crippen molar-refractivity contribution >= 4 is 11.6 Å². The maximum atomic E-state index is 12.9. The number of amides is 1. The smallest absolute Gasteiger partial charge is 0.227 e. The Morgan fingerprint density at radius 1 is 1.20 bits per heavy atom. The van der Waals surface area contributed by atoms with Crippen LogP contribution in [-0.4, -0.2) is 12.5 Å². The molecule has 2 rings (SSSR count). The standard InChI is InChI=1S/C16H16FNO2/c1-12-5-7-15(8-6-12)20-10-9-16(19)18-14-4-2-3-13(17)11-14/h2-8,11H,9-10H2,1H3,(H,18,19). The van der Waals surface area contributed by atoms with Crippen molar-refractivity contribution in [3.63, 3.8) is 0 Å². The van der Waals surface area contributed by atoms with Crippen molar-refractivity contribution < 1.29 is 13.9 Å². The molecule has 0 fully saturated rings. The summed E-state index contributed by atoms with van der Waals surface area (Å²) in [4.78, 5) is 11.7. The average molecular weight is 273 g/mol. The Labute approximate surface area is 117 Å². The summed E-state index contributed by atoms with van der Waals surface area (Å²) in [5.41, 5.74) is 1.60. The first-order chi connectivity index (χ1) is 9.63. The van der Waals surface area contributed by atoms with E-state index < -0.39 is 0 Å². The fourth-order valence-electron chi connectivity index (χ4n) is 1.69. The van der Waals surface area contributed by atoms with Gasteiger partial charge in [-0.15, -0.1) is 0 Å². The largest absolute Gasteiger partial charge is 0.493 e.